The molecule has 2 rings (SSSR count). The van der Waals surface area contributed by atoms with Crippen molar-refractivity contribution in [3.8, 4) is 0 Å². The van der Waals surface area contributed by atoms with E-state index in [-0.39, 0.29) is 37.7 Å². The van der Waals surface area contributed by atoms with Crippen molar-refractivity contribution in [3.05, 3.63) is 36.0 Å². The summed E-state index contributed by atoms with van der Waals surface area (Å²) in [5.74, 6) is -5.75. The van der Waals surface area contributed by atoms with Gasteiger partial charge in [0.25, 0.3) is 0 Å². The van der Waals surface area contributed by atoms with Crippen LogP contribution in [0.5, 0.6) is 0 Å². The van der Waals surface area contributed by atoms with Crippen LogP contribution in [0.2, 0.25) is 0 Å². The lowest BCUT2D eigenvalue weighted by molar-refractivity contribution is -0.143. The summed E-state index contributed by atoms with van der Waals surface area (Å²) in [5.41, 5.74) is 12.5. The molecule has 0 fully saturated rings. The molecule has 0 radical (unpaired) electrons. The maximum absolute atomic E-state index is 13.4. The Morgan fingerprint density at radius 2 is 1.56 bits per heavy atom. The summed E-state index contributed by atoms with van der Waals surface area (Å²) in [4.78, 5) is 65.5. The summed E-state index contributed by atoms with van der Waals surface area (Å²) >= 11 is 0. The van der Waals surface area contributed by atoms with Crippen LogP contribution in [0.3, 0.4) is 0 Å². The molecule has 1 heterocycles. The van der Waals surface area contributed by atoms with E-state index in [1.54, 1.807) is 32.2 Å². The second-order valence-corrected chi connectivity index (χ2v) is 9.94. The first kappa shape index (κ1) is 32.6. The van der Waals surface area contributed by atoms with Crippen molar-refractivity contribution >= 4 is 46.5 Å². The summed E-state index contributed by atoms with van der Waals surface area (Å²) < 4.78 is 0. The minimum atomic E-state index is -1.55. The van der Waals surface area contributed by atoms with E-state index in [2.05, 4.69) is 26.3 Å². The van der Waals surface area contributed by atoms with Gasteiger partial charge < -0.3 is 47.9 Å². The lowest BCUT2D eigenvalue weighted by Crippen LogP contribution is -2.58. The smallest absolute Gasteiger partial charge is 0.326 e. The van der Waals surface area contributed by atoms with E-state index in [1.807, 2.05) is 12.1 Å². The molecule has 0 saturated carbocycles. The number of amides is 3. The highest BCUT2D eigenvalue weighted by Crippen LogP contribution is 2.19. The maximum atomic E-state index is 13.4. The molecule has 12 N–H and O–H groups in total. The zero-order valence-corrected chi connectivity index (χ0v) is 22.9. The zero-order chi connectivity index (χ0) is 30.7. The number of hydrogen-bond acceptors (Lipinski definition) is 7. The summed E-state index contributed by atoms with van der Waals surface area (Å²) in [6.45, 7) is 3.58. The van der Waals surface area contributed by atoms with Crippen molar-refractivity contribution in [1.29, 1.82) is 5.41 Å². The first-order chi connectivity index (χ1) is 19.3. The van der Waals surface area contributed by atoms with Gasteiger partial charge in [-0.2, -0.15) is 0 Å². The van der Waals surface area contributed by atoms with Crippen molar-refractivity contribution in [3.63, 3.8) is 0 Å². The first-order valence-electron chi connectivity index (χ1n) is 13.0. The van der Waals surface area contributed by atoms with Gasteiger partial charge in [0.2, 0.25) is 17.7 Å². The summed E-state index contributed by atoms with van der Waals surface area (Å²) in [7, 11) is 0. The van der Waals surface area contributed by atoms with Crippen LogP contribution >= 0.6 is 0 Å². The van der Waals surface area contributed by atoms with E-state index < -0.39 is 60.2 Å². The lowest BCUT2D eigenvalue weighted by atomic mass is 10.0. The van der Waals surface area contributed by atoms with Gasteiger partial charge in [0.05, 0.1) is 12.5 Å². The number of rotatable bonds is 16. The Bertz CT molecular complexity index is 1260. The fraction of sp³-hybridized carbons (Fsp3) is 0.462. The van der Waals surface area contributed by atoms with Crippen LogP contribution in [0, 0.1) is 11.3 Å². The van der Waals surface area contributed by atoms with Gasteiger partial charge in [0.15, 0.2) is 5.96 Å². The molecule has 0 saturated heterocycles. The van der Waals surface area contributed by atoms with Crippen LogP contribution < -0.4 is 32.7 Å². The van der Waals surface area contributed by atoms with E-state index >= 15 is 0 Å². The topological polar surface area (TPSA) is 266 Å². The van der Waals surface area contributed by atoms with Crippen LogP contribution in [0.15, 0.2) is 30.5 Å². The molecule has 41 heavy (non-hydrogen) atoms. The number of nitrogens with one attached hydrogen (secondary N) is 6. The van der Waals surface area contributed by atoms with E-state index in [0.29, 0.717) is 5.56 Å². The SMILES string of the molecule is CC(C)[C@H](N)C(=O)N[C@@H](CC(=O)O)C(=O)N[C@@H](Cc1c[nH]c2ccccc12)C(=O)N[C@@H](CCCNC(=N)N)C(=O)O. The van der Waals surface area contributed by atoms with Gasteiger partial charge in [-0.15, -0.1) is 0 Å². The maximum Gasteiger partial charge on any atom is 0.326 e. The number of H-pyrrole nitrogens is 1. The summed E-state index contributed by atoms with van der Waals surface area (Å²) in [5, 5.41) is 36.8. The number of para-hydroxylation sites is 1. The molecule has 0 unspecified atom stereocenters. The summed E-state index contributed by atoms with van der Waals surface area (Å²) in [6.07, 6.45) is 1.07. The normalized spacial score (nSPS) is 14.0. The number of carbonyl (C=O) groups excluding carboxylic acids is 3. The Hall–Kier alpha value is -4.66. The molecule has 1 aromatic heterocycles. The highest BCUT2D eigenvalue weighted by Gasteiger charge is 2.32. The third-order valence-electron chi connectivity index (χ3n) is 6.36. The zero-order valence-electron chi connectivity index (χ0n) is 22.9. The minimum absolute atomic E-state index is 0.000107. The highest BCUT2D eigenvalue weighted by molar-refractivity contribution is 5.96. The van der Waals surface area contributed by atoms with E-state index in [1.165, 1.54) is 0 Å². The number of benzene rings is 1. The molecule has 15 heteroatoms. The Kier molecular flexibility index (Phi) is 12.1. The number of carboxylic acid groups (broad SMARTS) is 2. The quantitative estimate of drug-likeness (QED) is 0.0661. The van der Waals surface area contributed by atoms with Gasteiger partial charge in [-0.3, -0.25) is 24.6 Å². The van der Waals surface area contributed by atoms with Gasteiger partial charge in [-0.25, -0.2) is 4.79 Å². The Morgan fingerprint density at radius 3 is 2.17 bits per heavy atom. The lowest BCUT2D eigenvalue weighted by Gasteiger charge is -2.25. The van der Waals surface area contributed by atoms with Gasteiger partial charge >= 0.3 is 11.9 Å². The number of aromatic nitrogens is 1. The average molecular weight is 575 g/mol. The molecule has 3 amide bonds. The minimum Gasteiger partial charge on any atom is -0.481 e. The molecule has 0 aliphatic carbocycles. The van der Waals surface area contributed by atoms with Gasteiger partial charge in [0.1, 0.15) is 18.1 Å². The van der Waals surface area contributed by atoms with Crippen LogP contribution in [-0.4, -0.2) is 81.5 Å². The predicted molar refractivity (Wildman–Crippen MR) is 150 cm³/mol. The molecule has 0 spiro atoms. The molecule has 0 aliphatic rings. The predicted octanol–water partition coefficient (Wildman–Crippen LogP) is -1.03. The van der Waals surface area contributed by atoms with Gasteiger partial charge in [-0.1, -0.05) is 32.0 Å². The van der Waals surface area contributed by atoms with E-state index in [0.717, 1.165) is 10.9 Å². The average Bonchev–Trinajstić information content (AvgIpc) is 3.31. The second kappa shape index (κ2) is 15.2. The molecule has 224 valence electrons. The fourth-order valence-electron chi connectivity index (χ4n) is 4.02. The summed E-state index contributed by atoms with van der Waals surface area (Å²) in [6, 6.07) is 2.03. The number of carboxylic acids is 2. The van der Waals surface area contributed by atoms with Crippen molar-refractivity contribution in [2.45, 2.75) is 63.7 Å². The molecule has 2 aromatic rings. The molecule has 0 aliphatic heterocycles. The van der Waals surface area contributed by atoms with Crippen molar-refractivity contribution in [2.75, 3.05) is 6.54 Å². The van der Waals surface area contributed by atoms with Crippen LogP contribution in [0.25, 0.3) is 10.9 Å². The highest BCUT2D eigenvalue weighted by atomic mass is 16.4. The third kappa shape index (κ3) is 10.1. The van der Waals surface area contributed by atoms with Crippen LogP contribution in [0.1, 0.15) is 38.7 Å². The van der Waals surface area contributed by atoms with Crippen molar-refractivity contribution < 1.29 is 34.2 Å². The molecule has 15 nitrogen and oxygen atoms in total. The molecular formula is C26H38N8O7. The van der Waals surface area contributed by atoms with Gasteiger partial charge in [-0.05, 0) is 30.4 Å². The van der Waals surface area contributed by atoms with E-state index in [9.17, 15) is 34.2 Å². The molecule has 1 aromatic carbocycles. The molecule has 0 bridgehead atoms. The van der Waals surface area contributed by atoms with Crippen LogP contribution in [0.4, 0.5) is 0 Å². The Labute approximate surface area is 236 Å². The standard InChI is InChI=1S/C26H38N8O7/c1-13(2)21(27)24(39)34-19(11-20(35)36)23(38)33-18(10-14-12-31-16-7-4-3-6-15(14)16)22(37)32-17(25(40)41)8-5-9-30-26(28)29/h3-4,6-7,12-13,17-19,21,31H,5,8-11,27H2,1-2H3,(H,32,37)(H,33,38)(H,34,39)(H,35,36)(H,40,41)(H4,28,29,30)/t17-,18-,19-,21-/m0/s1. The van der Waals surface area contributed by atoms with Crippen LogP contribution in [-0.2, 0) is 30.4 Å². The number of hydrogen-bond donors (Lipinski definition) is 10. The molecule has 4 atom stereocenters. The van der Waals surface area contributed by atoms with Crippen molar-refractivity contribution in [2.24, 2.45) is 17.4 Å². The van der Waals surface area contributed by atoms with E-state index in [4.69, 9.17) is 16.9 Å². The Morgan fingerprint density at radius 1 is 0.951 bits per heavy atom. The number of carbonyl (C=O) groups is 5. The Balaban J connectivity index is 2.30. The number of guanidine groups is 1. The largest absolute Gasteiger partial charge is 0.481 e. The first-order valence-corrected chi connectivity index (χ1v) is 13.0. The fourth-order valence-corrected chi connectivity index (χ4v) is 4.02. The monoisotopic (exact) mass is 574 g/mol. The number of fused-ring (bicyclic) bond motifs is 1. The number of aliphatic carboxylic acids is 2. The number of aromatic amines is 1. The number of nitrogens with two attached hydrogens (primary N) is 2. The van der Waals surface area contributed by atoms with Gasteiger partial charge in [0, 0.05) is 30.1 Å². The second-order valence-electron chi connectivity index (χ2n) is 9.94. The van der Waals surface area contributed by atoms with Crippen molar-refractivity contribution in [1.82, 2.24) is 26.3 Å². The molecular weight excluding hydrogens is 536 g/mol. The third-order valence-corrected chi connectivity index (χ3v) is 6.36.